The van der Waals surface area contributed by atoms with Crippen LogP contribution in [0.4, 0.5) is 0 Å². The van der Waals surface area contributed by atoms with Crippen molar-refractivity contribution >= 4 is 5.91 Å². The van der Waals surface area contributed by atoms with Gasteiger partial charge >= 0.3 is 0 Å². The maximum Gasteiger partial charge on any atom is 0.226 e. The third-order valence-electron chi connectivity index (χ3n) is 3.71. The topological polar surface area (TPSA) is 49.8 Å². The summed E-state index contributed by atoms with van der Waals surface area (Å²) in [4.78, 5) is 13.7. The van der Waals surface area contributed by atoms with E-state index >= 15 is 0 Å². The smallest absolute Gasteiger partial charge is 0.226 e. The van der Waals surface area contributed by atoms with Gasteiger partial charge in [-0.1, -0.05) is 0 Å². The van der Waals surface area contributed by atoms with Crippen LogP contribution in [0.2, 0.25) is 0 Å². The minimum absolute atomic E-state index is 0.217. The number of ether oxygens (including phenoxy) is 1. The molecule has 3 fully saturated rings. The quantitative estimate of drug-likeness (QED) is 0.615. The predicted molar refractivity (Wildman–Crippen MR) is 48.5 cm³/mol. The van der Waals surface area contributed by atoms with Gasteiger partial charge in [-0.25, -0.2) is 0 Å². The van der Waals surface area contributed by atoms with Crippen molar-refractivity contribution in [2.45, 2.75) is 12.5 Å². The Kier molecular flexibility index (Phi) is 1.82. The molecule has 0 aromatic rings. The minimum Gasteiger partial charge on any atom is -0.391 e. The highest BCUT2D eigenvalue weighted by atomic mass is 16.5. The lowest BCUT2D eigenvalue weighted by Gasteiger charge is -2.16. The van der Waals surface area contributed by atoms with E-state index in [1.165, 1.54) is 0 Å². The molecule has 3 atom stereocenters. The molecule has 0 spiro atoms. The minimum atomic E-state index is -0.297. The molecule has 0 bridgehead atoms. The molecule has 0 aromatic heterocycles. The highest BCUT2D eigenvalue weighted by Crippen LogP contribution is 2.51. The molecular formula is C10H15NO3. The van der Waals surface area contributed by atoms with E-state index in [0.717, 1.165) is 26.2 Å². The van der Waals surface area contributed by atoms with Crippen LogP contribution in [0.5, 0.6) is 0 Å². The normalized spacial score (nSPS) is 45.4. The zero-order valence-corrected chi connectivity index (χ0v) is 8.06. The average molecular weight is 197 g/mol. The predicted octanol–water partition coefficient (Wildman–Crippen LogP) is -0.528. The summed E-state index contributed by atoms with van der Waals surface area (Å²) in [7, 11) is 0. The number of β-amino-alcohol motifs (C(OH)–C–C–N with tert-alkyl or cyclic N) is 1. The number of hydrogen-bond donors (Lipinski definition) is 1. The fourth-order valence-corrected chi connectivity index (χ4v) is 2.76. The Bertz CT molecular complexity index is 254. The molecule has 2 saturated heterocycles. The lowest BCUT2D eigenvalue weighted by Crippen LogP contribution is -2.32. The van der Waals surface area contributed by atoms with Gasteiger partial charge in [0.25, 0.3) is 0 Å². The van der Waals surface area contributed by atoms with E-state index in [-0.39, 0.29) is 17.9 Å². The molecule has 2 aliphatic heterocycles. The standard InChI is InChI=1S/C10H15NO3/c12-6-1-2-11(3-6)10(13)9-7-4-14-5-8(7)9/h6-9,12H,1-5H2/t6-,7?,8?,9?/m0/s1. The van der Waals surface area contributed by atoms with E-state index in [9.17, 15) is 9.90 Å². The van der Waals surface area contributed by atoms with Gasteiger partial charge in [0, 0.05) is 19.0 Å². The largest absolute Gasteiger partial charge is 0.391 e. The molecule has 0 aromatic carbocycles. The molecule has 2 unspecified atom stereocenters. The number of amides is 1. The maximum absolute atomic E-state index is 11.9. The molecule has 1 amide bonds. The van der Waals surface area contributed by atoms with Gasteiger partial charge in [-0.05, 0) is 18.3 Å². The maximum atomic E-state index is 11.9. The van der Waals surface area contributed by atoms with Crippen molar-refractivity contribution in [1.29, 1.82) is 0 Å². The Balaban J connectivity index is 1.61. The number of rotatable bonds is 1. The second kappa shape index (κ2) is 2.94. The molecule has 1 aliphatic carbocycles. The van der Waals surface area contributed by atoms with Crippen LogP contribution in [-0.4, -0.2) is 48.3 Å². The molecule has 4 nitrogen and oxygen atoms in total. The van der Waals surface area contributed by atoms with Gasteiger partial charge in [0.1, 0.15) is 0 Å². The number of fused-ring (bicyclic) bond motifs is 1. The number of aliphatic hydroxyl groups excluding tert-OH is 1. The Morgan fingerprint density at radius 2 is 2.07 bits per heavy atom. The first-order valence-corrected chi connectivity index (χ1v) is 5.32. The van der Waals surface area contributed by atoms with E-state index < -0.39 is 0 Å². The Labute approximate surface area is 82.8 Å². The summed E-state index contributed by atoms with van der Waals surface area (Å²) in [6, 6.07) is 0. The van der Waals surface area contributed by atoms with Crippen LogP contribution in [-0.2, 0) is 9.53 Å². The molecule has 2 heterocycles. The van der Waals surface area contributed by atoms with Gasteiger partial charge in [0.15, 0.2) is 0 Å². The lowest BCUT2D eigenvalue weighted by atomic mass is 10.2. The van der Waals surface area contributed by atoms with Crippen LogP contribution >= 0.6 is 0 Å². The summed E-state index contributed by atoms with van der Waals surface area (Å²) >= 11 is 0. The highest BCUT2D eigenvalue weighted by Gasteiger charge is 2.59. The molecule has 78 valence electrons. The zero-order valence-electron chi connectivity index (χ0n) is 8.06. The monoisotopic (exact) mass is 197 g/mol. The van der Waals surface area contributed by atoms with E-state index in [1.807, 2.05) is 4.90 Å². The Morgan fingerprint density at radius 1 is 1.36 bits per heavy atom. The zero-order chi connectivity index (χ0) is 9.71. The fraction of sp³-hybridized carbons (Fsp3) is 0.900. The summed E-state index contributed by atoms with van der Waals surface area (Å²) in [5.74, 6) is 1.44. The summed E-state index contributed by atoms with van der Waals surface area (Å²) in [6.07, 6.45) is 0.443. The third-order valence-corrected chi connectivity index (χ3v) is 3.71. The molecule has 3 aliphatic rings. The van der Waals surface area contributed by atoms with Gasteiger partial charge in [-0.3, -0.25) is 4.79 Å². The van der Waals surface area contributed by atoms with Crippen molar-refractivity contribution < 1.29 is 14.6 Å². The first kappa shape index (κ1) is 8.68. The Morgan fingerprint density at radius 3 is 2.64 bits per heavy atom. The van der Waals surface area contributed by atoms with Gasteiger partial charge in [-0.2, -0.15) is 0 Å². The van der Waals surface area contributed by atoms with Crippen molar-refractivity contribution in [1.82, 2.24) is 4.90 Å². The molecule has 3 rings (SSSR count). The van der Waals surface area contributed by atoms with E-state index in [1.54, 1.807) is 0 Å². The number of carbonyl (C=O) groups is 1. The second-order valence-electron chi connectivity index (χ2n) is 4.62. The second-order valence-corrected chi connectivity index (χ2v) is 4.62. The van der Waals surface area contributed by atoms with Gasteiger partial charge < -0.3 is 14.7 Å². The van der Waals surface area contributed by atoms with Crippen molar-refractivity contribution in [3.05, 3.63) is 0 Å². The first-order chi connectivity index (χ1) is 6.77. The number of hydrogen-bond acceptors (Lipinski definition) is 3. The SMILES string of the molecule is O=C(C1C2COCC21)N1CC[C@H](O)C1. The van der Waals surface area contributed by atoms with Crippen LogP contribution in [0.3, 0.4) is 0 Å². The fourth-order valence-electron chi connectivity index (χ4n) is 2.76. The average Bonchev–Trinajstić information content (AvgIpc) is 2.56. The van der Waals surface area contributed by atoms with Crippen molar-refractivity contribution in [3.63, 3.8) is 0 Å². The summed E-state index contributed by atoms with van der Waals surface area (Å²) in [6.45, 7) is 2.79. The molecule has 1 N–H and O–H groups in total. The van der Waals surface area contributed by atoms with Crippen molar-refractivity contribution in [2.24, 2.45) is 17.8 Å². The van der Waals surface area contributed by atoms with Gasteiger partial charge in [0.2, 0.25) is 5.91 Å². The van der Waals surface area contributed by atoms with Crippen LogP contribution in [0, 0.1) is 17.8 Å². The van der Waals surface area contributed by atoms with Crippen LogP contribution in [0.1, 0.15) is 6.42 Å². The van der Waals surface area contributed by atoms with Crippen LogP contribution in [0.15, 0.2) is 0 Å². The van der Waals surface area contributed by atoms with E-state index in [0.29, 0.717) is 18.4 Å². The molecular weight excluding hydrogens is 182 g/mol. The van der Waals surface area contributed by atoms with Crippen LogP contribution < -0.4 is 0 Å². The molecule has 4 heteroatoms. The first-order valence-electron chi connectivity index (χ1n) is 5.32. The number of nitrogens with zero attached hydrogens (tertiary/aromatic N) is 1. The molecule has 0 radical (unpaired) electrons. The lowest BCUT2D eigenvalue weighted by molar-refractivity contribution is -0.133. The summed E-state index contributed by atoms with van der Waals surface area (Å²) in [5, 5.41) is 9.34. The van der Waals surface area contributed by atoms with Gasteiger partial charge in [-0.15, -0.1) is 0 Å². The molecule has 14 heavy (non-hydrogen) atoms. The third kappa shape index (κ3) is 1.17. The summed E-state index contributed by atoms with van der Waals surface area (Å²) in [5.41, 5.74) is 0. The van der Waals surface area contributed by atoms with Gasteiger partial charge in [0.05, 0.1) is 19.3 Å². The number of likely N-dealkylation sites (tertiary alicyclic amines) is 1. The van der Waals surface area contributed by atoms with Crippen LogP contribution in [0.25, 0.3) is 0 Å². The highest BCUT2D eigenvalue weighted by molar-refractivity contribution is 5.82. The number of carbonyl (C=O) groups excluding carboxylic acids is 1. The van der Waals surface area contributed by atoms with E-state index in [2.05, 4.69) is 0 Å². The molecule has 1 saturated carbocycles. The van der Waals surface area contributed by atoms with Crippen molar-refractivity contribution in [3.8, 4) is 0 Å². The van der Waals surface area contributed by atoms with Crippen molar-refractivity contribution in [2.75, 3.05) is 26.3 Å². The summed E-state index contributed by atoms with van der Waals surface area (Å²) < 4.78 is 5.25. The van der Waals surface area contributed by atoms with E-state index in [4.69, 9.17) is 4.74 Å². The Hall–Kier alpha value is -0.610. The number of aliphatic hydroxyl groups is 1.